The number of hydrogen-bond donors (Lipinski definition) is 0. The van der Waals surface area contributed by atoms with Gasteiger partial charge in [-0.3, -0.25) is 4.79 Å². The van der Waals surface area contributed by atoms with Crippen LogP contribution in [0.5, 0.6) is 5.19 Å². The quantitative estimate of drug-likeness (QED) is 0.784. The number of thiazole rings is 1. The first-order valence-electron chi connectivity index (χ1n) is 9.19. The van der Waals surface area contributed by atoms with E-state index in [0.717, 1.165) is 12.8 Å². The minimum Gasteiger partial charge on any atom is -0.473 e. The van der Waals surface area contributed by atoms with Crippen molar-refractivity contribution in [1.29, 1.82) is 0 Å². The molecule has 0 saturated carbocycles. The summed E-state index contributed by atoms with van der Waals surface area (Å²) in [5, 5.41) is 0.504. The van der Waals surface area contributed by atoms with Gasteiger partial charge >= 0.3 is 6.09 Å². The van der Waals surface area contributed by atoms with Gasteiger partial charge in [0.1, 0.15) is 10.5 Å². The number of likely N-dealkylation sites (tertiary alicyclic amines) is 1. The third-order valence-electron chi connectivity index (χ3n) is 5.34. The molecule has 7 nitrogen and oxygen atoms in total. The Balaban J connectivity index is 1.63. The van der Waals surface area contributed by atoms with Crippen LogP contribution in [0, 0.1) is 6.92 Å². The van der Waals surface area contributed by atoms with Crippen LogP contribution in [0.3, 0.4) is 0 Å². The van der Waals surface area contributed by atoms with Gasteiger partial charge in [0.05, 0.1) is 19.3 Å². The summed E-state index contributed by atoms with van der Waals surface area (Å²) in [6.45, 7) is 7.81. The van der Waals surface area contributed by atoms with Gasteiger partial charge in [-0.25, -0.2) is 9.78 Å². The van der Waals surface area contributed by atoms with Crippen LogP contribution in [0.2, 0.25) is 0 Å². The molecule has 0 aliphatic carbocycles. The number of nitrogens with zero attached hydrogens (tertiary/aromatic N) is 3. The molecule has 2 fully saturated rings. The monoisotopic (exact) mass is 381 g/mol. The van der Waals surface area contributed by atoms with Crippen molar-refractivity contribution in [2.45, 2.75) is 58.1 Å². The number of aryl methyl sites for hydroxylation is 1. The molecule has 2 amide bonds. The molecule has 0 bridgehead atoms. The SMILES string of the molecule is CCCC(C)N1CC2(CCN(C(=O)c3sc(OC)nc3C)CC2)OC1=O. The van der Waals surface area contributed by atoms with Crippen molar-refractivity contribution in [3.63, 3.8) is 0 Å². The molecule has 26 heavy (non-hydrogen) atoms. The zero-order valence-electron chi connectivity index (χ0n) is 15.9. The fourth-order valence-electron chi connectivity index (χ4n) is 3.74. The Morgan fingerprint density at radius 3 is 2.69 bits per heavy atom. The van der Waals surface area contributed by atoms with E-state index in [1.165, 1.54) is 11.3 Å². The van der Waals surface area contributed by atoms with Gasteiger partial charge in [0.25, 0.3) is 11.1 Å². The third kappa shape index (κ3) is 3.51. The van der Waals surface area contributed by atoms with Gasteiger partial charge in [-0.05, 0) is 20.3 Å². The summed E-state index contributed by atoms with van der Waals surface area (Å²) in [5.74, 6) is -0.0151. The third-order valence-corrected chi connectivity index (χ3v) is 6.45. The van der Waals surface area contributed by atoms with Gasteiger partial charge < -0.3 is 19.3 Å². The summed E-state index contributed by atoms with van der Waals surface area (Å²) < 4.78 is 10.9. The normalized spacial score (nSPS) is 20.4. The van der Waals surface area contributed by atoms with Crippen molar-refractivity contribution < 1.29 is 19.1 Å². The lowest BCUT2D eigenvalue weighted by atomic mass is 9.91. The molecule has 0 aromatic carbocycles. The lowest BCUT2D eigenvalue weighted by Gasteiger charge is -2.37. The van der Waals surface area contributed by atoms with E-state index in [1.807, 2.05) is 16.7 Å². The van der Waals surface area contributed by atoms with Crippen molar-refractivity contribution in [2.24, 2.45) is 0 Å². The average molecular weight is 381 g/mol. The maximum absolute atomic E-state index is 12.8. The maximum Gasteiger partial charge on any atom is 0.410 e. The first kappa shape index (κ1) is 18.9. The lowest BCUT2D eigenvalue weighted by Crippen LogP contribution is -2.49. The van der Waals surface area contributed by atoms with Crippen LogP contribution in [0.4, 0.5) is 4.79 Å². The van der Waals surface area contributed by atoms with E-state index in [9.17, 15) is 9.59 Å². The van der Waals surface area contributed by atoms with Crippen LogP contribution in [0.25, 0.3) is 0 Å². The number of amides is 2. The van der Waals surface area contributed by atoms with Crippen molar-refractivity contribution in [3.05, 3.63) is 10.6 Å². The Morgan fingerprint density at radius 2 is 2.12 bits per heavy atom. The molecule has 2 aliphatic heterocycles. The number of aromatic nitrogens is 1. The number of rotatable bonds is 5. The van der Waals surface area contributed by atoms with Crippen molar-refractivity contribution >= 4 is 23.3 Å². The molecule has 2 aliphatic rings. The average Bonchev–Trinajstić information content (AvgIpc) is 3.15. The van der Waals surface area contributed by atoms with Crippen LogP contribution in [-0.2, 0) is 4.74 Å². The molecule has 8 heteroatoms. The van der Waals surface area contributed by atoms with Crippen LogP contribution in [-0.4, -0.2) is 65.2 Å². The number of piperidine rings is 1. The highest BCUT2D eigenvalue weighted by atomic mass is 32.1. The molecule has 0 N–H and O–H groups in total. The van der Waals surface area contributed by atoms with E-state index in [-0.39, 0.29) is 18.0 Å². The van der Waals surface area contributed by atoms with Crippen LogP contribution in [0.1, 0.15) is 54.9 Å². The van der Waals surface area contributed by atoms with E-state index in [0.29, 0.717) is 48.2 Å². The molecule has 3 heterocycles. The van der Waals surface area contributed by atoms with Gasteiger partial charge in [-0.15, -0.1) is 0 Å². The highest BCUT2D eigenvalue weighted by Gasteiger charge is 2.48. The van der Waals surface area contributed by atoms with Gasteiger partial charge in [-0.1, -0.05) is 24.7 Å². The topological polar surface area (TPSA) is 72.0 Å². The first-order chi connectivity index (χ1) is 12.4. The minimum atomic E-state index is -0.448. The predicted molar refractivity (Wildman–Crippen MR) is 98.8 cm³/mol. The zero-order valence-corrected chi connectivity index (χ0v) is 16.7. The summed E-state index contributed by atoms with van der Waals surface area (Å²) >= 11 is 1.28. The molecule has 1 unspecified atom stereocenters. The van der Waals surface area contributed by atoms with E-state index in [1.54, 1.807) is 7.11 Å². The van der Waals surface area contributed by atoms with E-state index in [4.69, 9.17) is 9.47 Å². The minimum absolute atomic E-state index is 0.0151. The Bertz CT molecular complexity index is 682. The largest absolute Gasteiger partial charge is 0.473 e. The highest BCUT2D eigenvalue weighted by molar-refractivity contribution is 7.15. The molecule has 1 aromatic rings. The molecule has 1 aromatic heterocycles. The Kier molecular flexibility index (Phi) is 5.41. The molecule has 1 atom stereocenters. The van der Waals surface area contributed by atoms with Gasteiger partial charge in [0.15, 0.2) is 0 Å². The molecule has 144 valence electrons. The van der Waals surface area contributed by atoms with E-state index in [2.05, 4.69) is 18.8 Å². The van der Waals surface area contributed by atoms with Gasteiger partial charge in [0, 0.05) is 32.0 Å². The molecular weight excluding hydrogens is 354 g/mol. The molecule has 0 radical (unpaired) electrons. The summed E-state index contributed by atoms with van der Waals surface area (Å²) in [6, 6.07) is 0.193. The predicted octanol–water partition coefficient (Wildman–Crippen LogP) is 3.08. The highest BCUT2D eigenvalue weighted by Crippen LogP contribution is 2.36. The van der Waals surface area contributed by atoms with Gasteiger partial charge in [-0.2, -0.15) is 0 Å². The van der Waals surface area contributed by atoms with Gasteiger partial charge in [0.2, 0.25) is 0 Å². The fraction of sp³-hybridized carbons (Fsp3) is 0.722. The molecular formula is C18H27N3O4S. The second kappa shape index (κ2) is 7.42. The van der Waals surface area contributed by atoms with E-state index >= 15 is 0 Å². The van der Waals surface area contributed by atoms with Crippen LogP contribution >= 0.6 is 11.3 Å². The van der Waals surface area contributed by atoms with Crippen LogP contribution in [0.15, 0.2) is 0 Å². The summed E-state index contributed by atoms with van der Waals surface area (Å²) in [7, 11) is 1.55. The van der Waals surface area contributed by atoms with Crippen LogP contribution < -0.4 is 4.74 Å². The Hall–Kier alpha value is -1.83. The summed E-state index contributed by atoms with van der Waals surface area (Å²) in [4.78, 5) is 33.6. The van der Waals surface area contributed by atoms with Crippen molar-refractivity contribution in [3.8, 4) is 5.19 Å². The molecule has 3 rings (SSSR count). The standard InChI is InChI=1S/C18H27N3O4S/c1-5-6-12(2)21-11-18(25-17(21)23)7-9-20(10-8-18)15(22)14-13(3)19-16(24-4)26-14/h12H,5-11H2,1-4H3. The second-order valence-corrected chi connectivity index (χ2v) is 8.17. The summed E-state index contributed by atoms with van der Waals surface area (Å²) in [5.41, 5.74) is 0.250. The molecule has 2 saturated heterocycles. The lowest BCUT2D eigenvalue weighted by molar-refractivity contribution is 0.00319. The number of ether oxygens (including phenoxy) is 2. The van der Waals surface area contributed by atoms with Crippen molar-refractivity contribution in [2.75, 3.05) is 26.7 Å². The first-order valence-corrected chi connectivity index (χ1v) is 10.0. The van der Waals surface area contributed by atoms with Crippen molar-refractivity contribution in [1.82, 2.24) is 14.8 Å². The Morgan fingerprint density at radius 1 is 1.42 bits per heavy atom. The second-order valence-electron chi connectivity index (χ2n) is 7.21. The number of carbonyl (C=O) groups is 2. The van der Waals surface area contributed by atoms with E-state index < -0.39 is 5.60 Å². The Labute approximate surface area is 158 Å². The number of carbonyl (C=O) groups excluding carboxylic acids is 2. The number of hydrogen-bond acceptors (Lipinski definition) is 6. The molecule has 1 spiro atoms. The fourth-order valence-corrected chi connectivity index (χ4v) is 4.59. The maximum atomic E-state index is 12.8. The zero-order chi connectivity index (χ0) is 18.9. The summed E-state index contributed by atoms with van der Waals surface area (Å²) in [6.07, 6.45) is 3.15. The smallest absolute Gasteiger partial charge is 0.410 e. The number of methoxy groups -OCH3 is 1.